The first-order valence-corrected chi connectivity index (χ1v) is 9.06. The molecule has 0 atom stereocenters. The predicted molar refractivity (Wildman–Crippen MR) is 94.3 cm³/mol. The van der Waals surface area contributed by atoms with Crippen LogP contribution in [0.5, 0.6) is 0 Å². The Morgan fingerprint density at radius 2 is 1.96 bits per heavy atom. The van der Waals surface area contributed by atoms with Crippen molar-refractivity contribution in [3.8, 4) is 0 Å². The Morgan fingerprint density at radius 1 is 1.33 bits per heavy atom. The number of ether oxygens (including phenoxy) is 1. The minimum absolute atomic E-state index is 0.0190. The number of piperidine rings is 1. The van der Waals surface area contributed by atoms with Crippen LogP contribution in [0.2, 0.25) is 0 Å². The first-order chi connectivity index (χ1) is 11.1. The summed E-state index contributed by atoms with van der Waals surface area (Å²) in [5.74, 6) is -0.0190. The molecule has 0 radical (unpaired) electrons. The fourth-order valence-corrected chi connectivity index (χ4v) is 4.17. The van der Waals surface area contributed by atoms with Crippen molar-refractivity contribution in [2.24, 2.45) is 0 Å². The molecule has 0 aromatic heterocycles. The molecule has 0 aliphatic carbocycles. The summed E-state index contributed by atoms with van der Waals surface area (Å²) in [6, 6.07) is 0. The number of halogens is 1. The van der Waals surface area contributed by atoms with Crippen LogP contribution in [-0.4, -0.2) is 52.7 Å². The van der Waals surface area contributed by atoms with Crippen molar-refractivity contribution in [1.29, 1.82) is 0 Å². The van der Waals surface area contributed by atoms with Gasteiger partial charge >= 0.3 is 6.09 Å². The lowest BCUT2D eigenvalue weighted by atomic mass is 9.95. The molecule has 7 heteroatoms. The van der Waals surface area contributed by atoms with Gasteiger partial charge in [-0.2, -0.15) is 0 Å². The van der Waals surface area contributed by atoms with Gasteiger partial charge in [0.15, 0.2) is 0 Å². The van der Waals surface area contributed by atoms with Crippen molar-refractivity contribution in [2.75, 3.05) is 19.6 Å². The van der Waals surface area contributed by atoms with Gasteiger partial charge in [-0.05, 0) is 39.3 Å². The minimum Gasteiger partial charge on any atom is -0.444 e. The van der Waals surface area contributed by atoms with Crippen LogP contribution in [0.25, 0.3) is 0 Å². The Hall–Kier alpha value is -1.50. The lowest BCUT2D eigenvalue weighted by Gasteiger charge is -2.45. The fourth-order valence-electron chi connectivity index (χ4n) is 3.58. The normalized spacial score (nSPS) is 23.2. The van der Waals surface area contributed by atoms with Crippen molar-refractivity contribution in [3.63, 3.8) is 0 Å². The third-order valence-electron chi connectivity index (χ3n) is 4.65. The van der Waals surface area contributed by atoms with Gasteiger partial charge in [-0.15, -0.1) is 0 Å². The zero-order chi connectivity index (χ0) is 17.7. The summed E-state index contributed by atoms with van der Waals surface area (Å²) in [5, 5.41) is 3.17. The molecule has 3 aliphatic heterocycles. The Bertz CT molecular complexity index is 640. The van der Waals surface area contributed by atoms with E-state index in [4.69, 9.17) is 4.74 Å². The maximum Gasteiger partial charge on any atom is 0.410 e. The van der Waals surface area contributed by atoms with E-state index in [1.165, 1.54) is 0 Å². The number of likely N-dealkylation sites (tertiary alicyclic amines) is 1. The molecule has 2 amide bonds. The number of nitrogens with zero attached hydrogens (tertiary/aromatic N) is 2. The average Bonchev–Trinajstić information content (AvgIpc) is 2.70. The van der Waals surface area contributed by atoms with Crippen molar-refractivity contribution >= 4 is 27.9 Å². The summed E-state index contributed by atoms with van der Waals surface area (Å²) in [7, 11) is 0. The van der Waals surface area contributed by atoms with Crippen LogP contribution in [0.1, 0.15) is 40.5 Å². The zero-order valence-corrected chi connectivity index (χ0v) is 16.2. The van der Waals surface area contributed by atoms with E-state index in [1.807, 2.05) is 33.8 Å². The van der Waals surface area contributed by atoms with Crippen LogP contribution in [0.3, 0.4) is 0 Å². The number of hydrogen-bond acceptors (Lipinski definition) is 4. The van der Waals surface area contributed by atoms with Crippen LogP contribution in [0.15, 0.2) is 21.8 Å². The predicted octanol–water partition coefficient (Wildman–Crippen LogP) is 2.71. The highest BCUT2D eigenvalue weighted by atomic mass is 79.9. The highest BCUT2D eigenvalue weighted by Crippen LogP contribution is 2.39. The van der Waals surface area contributed by atoms with Gasteiger partial charge in [0.1, 0.15) is 17.0 Å². The van der Waals surface area contributed by atoms with Gasteiger partial charge < -0.3 is 19.9 Å². The standard InChI is InChI=1S/C17H24BrN3O3/c1-11-9-12(18)10-21-13(11)14(22)19-17(21)5-7-20(8-6-17)15(23)24-16(2,3)4/h9H,5-8,10H2,1-4H3,(H,19,22). The third-order valence-corrected chi connectivity index (χ3v) is 5.13. The van der Waals surface area contributed by atoms with Crippen LogP contribution in [0.4, 0.5) is 4.79 Å². The van der Waals surface area contributed by atoms with Gasteiger partial charge in [0.2, 0.25) is 0 Å². The molecule has 1 N–H and O–H groups in total. The summed E-state index contributed by atoms with van der Waals surface area (Å²) in [4.78, 5) is 28.6. The van der Waals surface area contributed by atoms with Gasteiger partial charge in [-0.3, -0.25) is 4.79 Å². The van der Waals surface area contributed by atoms with Crippen LogP contribution >= 0.6 is 15.9 Å². The quantitative estimate of drug-likeness (QED) is 0.682. The topological polar surface area (TPSA) is 61.9 Å². The molecule has 0 aromatic rings. The molecule has 2 saturated heterocycles. The molecule has 0 aromatic carbocycles. The van der Waals surface area contributed by atoms with E-state index >= 15 is 0 Å². The second kappa shape index (κ2) is 5.79. The lowest BCUT2D eigenvalue weighted by molar-refractivity contribution is -0.117. The van der Waals surface area contributed by atoms with Gasteiger partial charge in [-0.25, -0.2) is 4.79 Å². The van der Waals surface area contributed by atoms with Crippen LogP contribution < -0.4 is 5.32 Å². The average molecular weight is 398 g/mol. The fraction of sp³-hybridized carbons (Fsp3) is 0.647. The van der Waals surface area contributed by atoms with Crippen molar-refractivity contribution in [3.05, 3.63) is 21.8 Å². The SMILES string of the molecule is CC1=C2C(=O)NC3(CCN(C(=O)OC(C)(C)C)CC3)N2CC(Br)=C1. The molecule has 0 bridgehead atoms. The number of rotatable bonds is 0. The molecule has 2 fully saturated rings. The first kappa shape index (κ1) is 17.3. The van der Waals surface area contributed by atoms with Gasteiger partial charge in [0, 0.05) is 30.4 Å². The van der Waals surface area contributed by atoms with E-state index in [-0.39, 0.29) is 12.0 Å². The van der Waals surface area contributed by atoms with E-state index < -0.39 is 11.3 Å². The second-order valence-electron chi connectivity index (χ2n) is 7.66. The first-order valence-electron chi connectivity index (χ1n) is 8.26. The molecule has 0 unspecified atom stereocenters. The number of allylic oxidation sites excluding steroid dienone is 2. The molecule has 3 aliphatic rings. The van der Waals surface area contributed by atoms with Gasteiger partial charge in [0.25, 0.3) is 5.91 Å². The number of nitrogens with one attached hydrogen (secondary N) is 1. The van der Waals surface area contributed by atoms with Crippen LogP contribution in [0, 0.1) is 0 Å². The molecular formula is C17H24BrN3O3. The van der Waals surface area contributed by atoms with E-state index in [2.05, 4.69) is 26.1 Å². The van der Waals surface area contributed by atoms with Gasteiger partial charge in [-0.1, -0.05) is 15.9 Å². The minimum atomic E-state index is -0.497. The Morgan fingerprint density at radius 3 is 2.54 bits per heavy atom. The molecule has 132 valence electrons. The summed E-state index contributed by atoms with van der Waals surface area (Å²) in [6.45, 7) is 9.37. The Kier molecular flexibility index (Phi) is 4.18. The molecule has 3 rings (SSSR count). The Balaban J connectivity index is 1.74. The number of carbonyl (C=O) groups is 2. The van der Waals surface area contributed by atoms with E-state index in [1.54, 1.807) is 4.90 Å². The molecule has 24 heavy (non-hydrogen) atoms. The summed E-state index contributed by atoms with van der Waals surface area (Å²) >= 11 is 3.56. The van der Waals surface area contributed by atoms with E-state index in [9.17, 15) is 9.59 Å². The van der Waals surface area contributed by atoms with Crippen molar-refractivity contribution in [2.45, 2.75) is 51.8 Å². The molecule has 3 heterocycles. The zero-order valence-electron chi connectivity index (χ0n) is 14.6. The van der Waals surface area contributed by atoms with Crippen molar-refractivity contribution in [1.82, 2.24) is 15.1 Å². The highest BCUT2D eigenvalue weighted by molar-refractivity contribution is 9.11. The number of amides is 2. The van der Waals surface area contributed by atoms with E-state index in [0.717, 1.165) is 15.8 Å². The molecular weight excluding hydrogens is 374 g/mol. The monoisotopic (exact) mass is 397 g/mol. The lowest BCUT2D eigenvalue weighted by Crippen LogP contribution is -2.59. The van der Waals surface area contributed by atoms with Gasteiger partial charge in [0.05, 0.1) is 6.54 Å². The molecule has 0 saturated carbocycles. The van der Waals surface area contributed by atoms with E-state index in [0.29, 0.717) is 32.5 Å². The largest absolute Gasteiger partial charge is 0.444 e. The summed E-state index contributed by atoms with van der Waals surface area (Å²) in [6.07, 6.45) is 3.10. The number of hydrogen-bond donors (Lipinski definition) is 1. The number of fused-ring (bicyclic) bond motifs is 2. The summed E-state index contributed by atoms with van der Waals surface area (Å²) in [5.41, 5.74) is 0.823. The van der Waals surface area contributed by atoms with Crippen molar-refractivity contribution < 1.29 is 14.3 Å². The molecule has 6 nitrogen and oxygen atoms in total. The highest BCUT2D eigenvalue weighted by Gasteiger charge is 2.51. The third kappa shape index (κ3) is 3.06. The molecule has 1 spiro atoms. The second-order valence-corrected chi connectivity index (χ2v) is 8.68. The maximum absolute atomic E-state index is 12.4. The summed E-state index contributed by atoms with van der Waals surface area (Å²) < 4.78 is 6.51. The van der Waals surface area contributed by atoms with Crippen LogP contribution in [-0.2, 0) is 9.53 Å². The number of carbonyl (C=O) groups excluding carboxylic acids is 2. The smallest absolute Gasteiger partial charge is 0.410 e. The maximum atomic E-state index is 12.4. The Labute approximate surface area is 151 Å².